The summed E-state index contributed by atoms with van der Waals surface area (Å²) in [5.74, 6) is 1.31. The van der Waals surface area contributed by atoms with Crippen LogP contribution in [0.3, 0.4) is 0 Å². The van der Waals surface area contributed by atoms with Gasteiger partial charge in [0.2, 0.25) is 13.1 Å². The summed E-state index contributed by atoms with van der Waals surface area (Å²) in [6, 6.07) is 9.22. The Balaban J connectivity index is 1.43. The lowest BCUT2D eigenvalue weighted by Crippen LogP contribution is -2.46. The number of esters is 1. The van der Waals surface area contributed by atoms with E-state index in [2.05, 4.69) is 0 Å². The van der Waals surface area contributed by atoms with Crippen LogP contribution < -0.4 is 23.7 Å². The Morgan fingerprint density at radius 3 is 2.44 bits per heavy atom. The lowest BCUT2D eigenvalue weighted by molar-refractivity contribution is -0.212. The summed E-state index contributed by atoms with van der Waals surface area (Å²) in [6.07, 6.45) is -1.44. The first-order valence-corrected chi connectivity index (χ1v) is 13.2. The molecule has 0 bridgehead atoms. The number of benzene rings is 3. The number of hydrogen-bond acceptors (Lipinski definition) is 11. The zero-order valence-corrected chi connectivity index (χ0v) is 23.4. The lowest BCUT2D eigenvalue weighted by atomic mass is 9.89. The highest BCUT2D eigenvalue weighted by Crippen LogP contribution is 2.51. The van der Waals surface area contributed by atoms with E-state index in [9.17, 15) is 4.79 Å². The van der Waals surface area contributed by atoms with Crippen LogP contribution in [0.25, 0.3) is 21.9 Å². The number of fused-ring (bicyclic) bond motifs is 4. The molecule has 4 aliphatic heterocycles. The second kappa shape index (κ2) is 9.38. The molecule has 0 unspecified atom stereocenters. The molecule has 0 amide bonds. The Hall–Kier alpha value is -3.77. The molecule has 0 spiro atoms. The van der Waals surface area contributed by atoms with Gasteiger partial charge in [0.25, 0.3) is 0 Å². The Kier molecular flexibility index (Phi) is 5.98. The van der Waals surface area contributed by atoms with Crippen LogP contribution in [0.1, 0.15) is 29.8 Å². The topological polar surface area (TPSA) is 109 Å². The zero-order chi connectivity index (χ0) is 28.5. The zero-order valence-electron chi connectivity index (χ0n) is 23.4. The minimum Gasteiger partial charge on any atom is -0.493 e. The van der Waals surface area contributed by atoms with Crippen molar-refractivity contribution >= 4 is 16.7 Å². The highest BCUT2D eigenvalue weighted by atomic mass is 16.8. The Labute approximate surface area is 236 Å². The number of ether oxygens (including phenoxy) is 10. The highest BCUT2D eigenvalue weighted by Gasteiger charge is 2.62. The predicted molar refractivity (Wildman–Crippen MR) is 143 cm³/mol. The fourth-order valence-electron chi connectivity index (χ4n) is 6.21. The van der Waals surface area contributed by atoms with Gasteiger partial charge in [0.1, 0.15) is 12.4 Å². The number of hydrogen-bond donors (Lipinski definition) is 0. The van der Waals surface area contributed by atoms with E-state index in [1.165, 1.54) is 0 Å². The summed E-state index contributed by atoms with van der Waals surface area (Å²) in [7, 11) is 4.73. The molecule has 7 rings (SSSR count). The highest BCUT2D eigenvalue weighted by molar-refractivity contribution is 6.14. The molecule has 3 aromatic rings. The summed E-state index contributed by atoms with van der Waals surface area (Å²) in [6.45, 7) is 4.31. The first kappa shape index (κ1) is 26.1. The molecule has 0 radical (unpaired) electrons. The summed E-state index contributed by atoms with van der Waals surface area (Å²) >= 11 is 0. The van der Waals surface area contributed by atoms with E-state index in [-0.39, 0.29) is 26.6 Å². The summed E-state index contributed by atoms with van der Waals surface area (Å²) in [4.78, 5) is 13.3. The van der Waals surface area contributed by atoms with Crippen LogP contribution in [-0.2, 0) is 30.3 Å². The lowest BCUT2D eigenvalue weighted by Gasteiger charge is -2.26. The van der Waals surface area contributed by atoms with E-state index >= 15 is 0 Å². The molecule has 3 aromatic carbocycles. The molecule has 4 heterocycles. The number of cyclic esters (lactones) is 1. The van der Waals surface area contributed by atoms with Crippen molar-refractivity contribution in [2.75, 3.05) is 41.3 Å². The molecular formula is C30H30O11. The van der Waals surface area contributed by atoms with Crippen molar-refractivity contribution in [1.29, 1.82) is 0 Å². The number of carbonyl (C=O) groups excluding carboxylic acids is 1. The fraction of sp³-hybridized carbons (Fsp3) is 0.433. The maximum atomic E-state index is 13.3. The Morgan fingerprint density at radius 2 is 1.68 bits per heavy atom. The van der Waals surface area contributed by atoms with Crippen molar-refractivity contribution in [2.45, 2.75) is 44.2 Å². The maximum Gasteiger partial charge on any atom is 0.339 e. The number of methoxy groups -OCH3 is 3. The number of rotatable bonds is 7. The van der Waals surface area contributed by atoms with Gasteiger partial charge in [0.05, 0.1) is 33.0 Å². The average Bonchev–Trinajstić information content (AvgIpc) is 3.70. The minimum atomic E-state index is -0.864. The molecule has 216 valence electrons. The first-order valence-electron chi connectivity index (χ1n) is 13.2. The van der Waals surface area contributed by atoms with Crippen molar-refractivity contribution in [3.63, 3.8) is 0 Å². The van der Waals surface area contributed by atoms with Crippen molar-refractivity contribution in [3.8, 4) is 39.9 Å². The predicted octanol–water partition coefficient (Wildman–Crippen LogP) is 4.19. The van der Waals surface area contributed by atoms with E-state index in [1.807, 2.05) is 44.2 Å². The SMILES string of the molecule is COC[C@@]12CO[C@H](Oc3c4c(c(-c5ccc6c(c5)OCO6)c5cc(OC)c(OC)cc35)C(=O)OC4)[C@@H]1OC(C)(C)O2. The molecule has 0 aromatic heterocycles. The largest absolute Gasteiger partial charge is 0.493 e. The van der Waals surface area contributed by atoms with E-state index in [0.29, 0.717) is 56.2 Å². The summed E-state index contributed by atoms with van der Waals surface area (Å²) < 4.78 is 58.8. The van der Waals surface area contributed by atoms with Gasteiger partial charge in [-0.1, -0.05) is 6.07 Å². The van der Waals surface area contributed by atoms with Gasteiger partial charge < -0.3 is 47.4 Å². The third-order valence-electron chi connectivity index (χ3n) is 7.82. The standard InChI is InChI=1S/C30H30O11/c1-29(2)40-26-28(36-13-30(26,41-29)12-32-3)39-25-17-10-21(34-5)20(33-4)9-16(17)23(24-18(25)11-35-27(24)31)15-6-7-19-22(8-15)38-14-37-19/h6-10,26,28H,11-14H2,1-5H3/t26-,28+,30+/m0/s1. The quantitative estimate of drug-likeness (QED) is 0.384. The monoisotopic (exact) mass is 566 g/mol. The summed E-state index contributed by atoms with van der Waals surface area (Å²) in [5.41, 5.74) is 1.55. The van der Waals surface area contributed by atoms with Gasteiger partial charge in [-0.25, -0.2) is 4.79 Å². The molecule has 2 saturated heterocycles. The van der Waals surface area contributed by atoms with Crippen LogP contribution in [0, 0.1) is 0 Å². The number of carbonyl (C=O) groups is 1. The smallest absolute Gasteiger partial charge is 0.339 e. The van der Waals surface area contributed by atoms with Crippen LogP contribution >= 0.6 is 0 Å². The van der Waals surface area contributed by atoms with E-state index in [0.717, 1.165) is 5.56 Å². The van der Waals surface area contributed by atoms with Gasteiger partial charge in [-0.2, -0.15) is 0 Å². The van der Waals surface area contributed by atoms with Crippen molar-refractivity contribution < 1.29 is 52.2 Å². The molecule has 11 heteroatoms. The third-order valence-corrected chi connectivity index (χ3v) is 7.82. The molecule has 2 fully saturated rings. The Bertz CT molecular complexity index is 1560. The van der Waals surface area contributed by atoms with Gasteiger partial charge in [-0.15, -0.1) is 0 Å². The fourth-order valence-corrected chi connectivity index (χ4v) is 6.21. The van der Waals surface area contributed by atoms with Crippen LogP contribution in [-0.4, -0.2) is 71.1 Å². The van der Waals surface area contributed by atoms with Gasteiger partial charge in [-0.3, -0.25) is 0 Å². The van der Waals surface area contributed by atoms with Gasteiger partial charge in [-0.05, 0) is 49.1 Å². The third kappa shape index (κ3) is 3.98. The maximum absolute atomic E-state index is 13.3. The Morgan fingerprint density at radius 1 is 0.927 bits per heavy atom. The second-order valence-electron chi connectivity index (χ2n) is 10.8. The van der Waals surface area contributed by atoms with E-state index in [4.69, 9.17) is 47.4 Å². The molecule has 41 heavy (non-hydrogen) atoms. The minimum absolute atomic E-state index is 0.0226. The first-order chi connectivity index (χ1) is 19.8. The van der Waals surface area contributed by atoms with Crippen LogP contribution in [0.2, 0.25) is 0 Å². The van der Waals surface area contributed by atoms with Crippen molar-refractivity contribution in [3.05, 3.63) is 41.5 Å². The molecule has 11 nitrogen and oxygen atoms in total. The average molecular weight is 567 g/mol. The molecule has 3 atom stereocenters. The van der Waals surface area contributed by atoms with Gasteiger partial charge >= 0.3 is 5.97 Å². The molecule has 0 saturated carbocycles. The van der Waals surface area contributed by atoms with Crippen molar-refractivity contribution in [1.82, 2.24) is 0 Å². The van der Waals surface area contributed by atoms with Crippen LogP contribution in [0.15, 0.2) is 30.3 Å². The molecule has 0 aliphatic carbocycles. The van der Waals surface area contributed by atoms with Crippen molar-refractivity contribution in [2.24, 2.45) is 0 Å². The van der Waals surface area contributed by atoms with E-state index in [1.54, 1.807) is 21.3 Å². The van der Waals surface area contributed by atoms with Crippen LogP contribution in [0.4, 0.5) is 0 Å². The van der Waals surface area contributed by atoms with Gasteiger partial charge in [0.15, 0.2) is 40.5 Å². The summed E-state index contributed by atoms with van der Waals surface area (Å²) in [5, 5.41) is 1.37. The normalized spacial score (nSPS) is 25.2. The molecule has 0 N–H and O–H groups in total. The molecule has 4 aliphatic rings. The molecular weight excluding hydrogens is 536 g/mol. The second-order valence-corrected chi connectivity index (χ2v) is 10.8. The van der Waals surface area contributed by atoms with Gasteiger partial charge in [0, 0.05) is 23.6 Å². The van der Waals surface area contributed by atoms with E-state index < -0.39 is 29.8 Å². The van der Waals surface area contributed by atoms with Crippen LogP contribution in [0.5, 0.6) is 28.7 Å².